The van der Waals surface area contributed by atoms with Gasteiger partial charge in [-0.3, -0.25) is 4.98 Å². The lowest BCUT2D eigenvalue weighted by Gasteiger charge is -2.22. The first-order chi connectivity index (χ1) is 9.75. The number of rotatable bonds is 3. The van der Waals surface area contributed by atoms with Crippen molar-refractivity contribution in [3.8, 4) is 11.5 Å². The molecule has 104 valence electrons. The van der Waals surface area contributed by atoms with E-state index >= 15 is 0 Å². The Hall–Kier alpha value is -1.55. The molecule has 0 saturated carbocycles. The summed E-state index contributed by atoms with van der Waals surface area (Å²) in [6, 6.07) is 12.1. The molecule has 4 heteroatoms. The van der Waals surface area contributed by atoms with Gasteiger partial charge in [-0.25, -0.2) is 0 Å². The van der Waals surface area contributed by atoms with Gasteiger partial charge in [-0.15, -0.1) is 0 Å². The van der Waals surface area contributed by atoms with Crippen molar-refractivity contribution in [1.82, 2.24) is 4.98 Å². The zero-order valence-corrected chi connectivity index (χ0v) is 12.8. The molecule has 0 spiro atoms. The number of hydrogen-bond acceptors (Lipinski definition) is 3. The lowest BCUT2D eigenvalue weighted by atomic mass is 9.97. The van der Waals surface area contributed by atoms with Crippen LogP contribution in [0.3, 0.4) is 0 Å². The molecule has 2 atom stereocenters. The van der Waals surface area contributed by atoms with Gasteiger partial charge in [0.1, 0.15) is 13.2 Å². The highest BCUT2D eigenvalue weighted by molar-refractivity contribution is 9.09. The molecule has 1 aromatic carbocycles. The molecular weight excluding hydrogens is 318 g/mol. The fraction of sp³-hybridized carbons (Fsp3) is 0.312. The lowest BCUT2D eigenvalue weighted by Crippen LogP contribution is -2.15. The van der Waals surface area contributed by atoms with Crippen molar-refractivity contribution >= 4 is 15.9 Å². The van der Waals surface area contributed by atoms with Crippen molar-refractivity contribution in [2.24, 2.45) is 0 Å². The first-order valence-electron chi connectivity index (χ1n) is 6.70. The Labute approximate surface area is 127 Å². The van der Waals surface area contributed by atoms with Gasteiger partial charge >= 0.3 is 0 Å². The summed E-state index contributed by atoms with van der Waals surface area (Å²) in [4.78, 5) is 4.61. The third-order valence-electron chi connectivity index (χ3n) is 3.48. The zero-order valence-electron chi connectivity index (χ0n) is 11.3. The van der Waals surface area contributed by atoms with Gasteiger partial charge in [0.25, 0.3) is 0 Å². The predicted molar refractivity (Wildman–Crippen MR) is 81.8 cm³/mol. The third kappa shape index (κ3) is 2.66. The van der Waals surface area contributed by atoms with E-state index in [2.05, 4.69) is 40.0 Å². The van der Waals surface area contributed by atoms with Crippen molar-refractivity contribution in [2.75, 3.05) is 13.2 Å². The Bertz CT molecular complexity index is 588. The van der Waals surface area contributed by atoms with E-state index in [9.17, 15) is 0 Å². The normalized spacial score (nSPS) is 16.5. The molecule has 20 heavy (non-hydrogen) atoms. The average Bonchev–Trinajstić information content (AvgIpc) is 2.54. The van der Waals surface area contributed by atoms with Gasteiger partial charge in [-0.05, 0) is 29.8 Å². The van der Waals surface area contributed by atoms with Crippen LogP contribution in [0.5, 0.6) is 11.5 Å². The number of aromatic nitrogens is 1. The Morgan fingerprint density at radius 3 is 2.65 bits per heavy atom. The molecule has 0 N–H and O–H groups in total. The smallest absolute Gasteiger partial charge is 0.161 e. The maximum absolute atomic E-state index is 5.64. The number of alkyl halides is 1. The average molecular weight is 334 g/mol. The van der Waals surface area contributed by atoms with Gasteiger partial charge in [-0.2, -0.15) is 0 Å². The Morgan fingerprint density at radius 1 is 1.10 bits per heavy atom. The van der Waals surface area contributed by atoms with Crippen molar-refractivity contribution in [3.05, 3.63) is 53.9 Å². The largest absolute Gasteiger partial charge is 0.486 e. The van der Waals surface area contributed by atoms with Crippen LogP contribution in [-0.2, 0) is 0 Å². The molecule has 2 heterocycles. The van der Waals surface area contributed by atoms with E-state index in [1.54, 1.807) is 0 Å². The molecule has 3 nitrogen and oxygen atoms in total. The van der Waals surface area contributed by atoms with Crippen LogP contribution in [0.15, 0.2) is 42.6 Å². The number of ether oxygens (including phenoxy) is 2. The lowest BCUT2D eigenvalue weighted by molar-refractivity contribution is 0.171. The monoisotopic (exact) mass is 333 g/mol. The van der Waals surface area contributed by atoms with Gasteiger partial charge in [0, 0.05) is 22.6 Å². The molecule has 1 aliphatic heterocycles. The molecule has 0 aliphatic carbocycles. The van der Waals surface area contributed by atoms with E-state index in [0.29, 0.717) is 13.2 Å². The fourth-order valence-corrected chi connectivity index (χ4v) is 2.87. The summed E-state index contributed by atoms with van der Waals surface area (Å²) in [5.41, 5.74) is 2.25. The van der Waals surface area contributed by atoms with Crippen molar-refractivity contribution in [1.29, 1.82) is 0 Å². The maximum Gasteiger partial charge on any atom is 0.161 e. The molecular formula is C16H16BrNO2. The highest BCUT2D eigenvalue weighted by Gasteiger charge is 2.21. The summed E-state index contributed by atoms with van der Waals surface area (Å²) in [5.74, 6) is 1.93. The van der Waals surface area contributed by atoms with Crippen LogP contribution in [0.25, 0.3) is 0 Å². The number of fused-ring (bicyclic) bond motifs is 1. The Morgan fingerprint density at radius 2 is 1.90 bits per heavy atom. The topological polar surface area (TPSA) is 31.4 Å². The second kappa shape index (κ2) is 5.83. The minimum Gasteiger partial charge on any atom is -0.486 e. The molecule has 3 rings (SSSR count). The summed E-state index contributed by atoms with van der Waals surface area (Å²) >= 11 is 3.78. The quantitative estimate of drug-likeness (QED) is 0.792. The van der Waals surface area contributed by atoms with E-state index in [4.69, 9.17) is 9.47 Å². The Balaban J connectivity index is 1.85. The van der Waals surface area contributed by atoms with Crippen molar-refractivity contribution < 1.29 is 9.47 Å². The van der Waals surface area contributed by atoms with Crippen LogP contribution in [0.4, 0.5) is 0 Å². The maximum atomic E-state index is 5.64. The molecule has 0 bridgehead atoms. The fourth-order valence-electron chi connectivity index (χ4n) is 2.32. The Kier molecular flexibility index (Phi) is 3.92. The summed E-state index contributed by atoms with van der Waals surface area (Å²) in [6.45, 7) is 3.40. The molecule has 2 unspecified atom stereocenters. The third-order valence-corrected chi connectivity index (χ3v) is 4.80. The second-order valence-corrected chi connectivity index (χ2v) is 5.83. The molecule has 0 fully saturated rings. The minimum absolute atomic E-state index is 0.188. The van der Waals surface area contributed by atoms with Crippen LogP contribution in [-0.4, -0.2) is 18.2 Å². The first kappa shape index (κ1) is 13.4. The minimum atomic E-state index is 0.188. The molecule has 1 aromatic heterocycles. The van der Waals surface area contributed by atoms with E-state index in [1.165, 1.54) is 5.56 Å². The van der Waals surface area contributed by atoms with E-state index in [-0.39, 0.29) is 10.7 Å². The highest BCUT2D eigenvalue weighted by Crippen LogP contribution is 2.40. The second-order valence-electron chi connectivity index (χ2n) is 4.85. The van der Waals surface area contributed by atoms with Gasteiger partial charge < -0.3 is 9.47 Å². The van der Waals surface area contributed by atoms with Crippen LogP contribution >= 0.6 is 15.9 Å². The van der Waals surface area contributed by atoms with Crippen LogP contribution in [0.2, 0.25) is 0 Å². The van der Waals surface area contributed by atoms with E-state index in [0.717, 1.165) is 17.2 Å². The van der Waals surface area contributed by atoms with E-state index in [1.807, 2.05) is 30.5 Å². The number of pyridine rings is 1. The predicted octanol–water partition coefficient (Wildman–Crippen LogP) is 4.09. The van der Waals surface area contributed by atoms with Gasteiger partial charge in [0.05, 0.1) is 0 Å². The number of halogens is 1. The van der Waals surface area contributed by atoms with Crippen LogP contribution in [0, 0.1) is 0 Å². The van der Waals surface area contributed by atoms with Gasteiger partial charge in [0.15, 0.2) is 11.5 Å². The van der Waals surface area contributed by atoms with Crippen molar-refractivity contribution in [2.45, 2.75) is 17.7 Å². The standard InChI is InChI=1S/C16H16BrNO2/c1-11(13-4-2-3-7-18-13)16(17)12-5-6-14-15(10-12)20-9-8-19-14/h2-7,10-11,16H,8-9H2,1H3. The SMILES string of the molecule is CC(c1ccccn1)C(Br)c1ccc2c(c1)OCCO2. The highest BCUT2D eigenvalue weighted by atomic mass is 79.9. The van der Waals surface area contributed by atoms with Crippen LogP contribution in [0.1, 0.15) is 28.9 Å². The van der Waals surface area contributed by atoms with Gasteiger partial charge in [0.2, 0.25) is 0 Å². The number of nitrogens with zero attached hydrogens (tertiary/aromatic N) is 1. The number of hydrogen-bond donors (Lipinski definition) is 0. The number of benzene rings is 1. The molecule has 0 amide bonds. The summed E-state index contributed by atoms with van der Waals surface area (Å²) in [5, 5.41) is 0. The van der Waals surface area contributed by atoms with Crippen LogP contribution < -0.4 is 9.47 Å². The van der Waals surface area contributed by atoms with E-state index < -0.39 is 0 Å². The van der Waals surface area contributed by atoms with Gasteiger partial charge in [-0.1, -0.05) is 35.0 Å². The summed E-state index contributed by atoms with van der Waals surface area (Å²) in [7, 11) is 0. The van der Waals surface area contributed by atoms with Crippen molar-refractivity contribution in [3.63, 3.8) is 0 Å². The first-order valence-corrected chi connectivity index (χ1v) is 7.62. The molecule has 2 aromatic rings. The molecule has 0 saturated heterocycles. The summed E-state index contributed by atoms with van der Waals surface area (Å²) in [6.07, 6.45) is 1.83. The molecule has 1 aliphatic rings. The molecule has 0 radical (unpaired) electrons. The zero-order chi connectivity index (χ0) is 13.9. The summed E-state index contributed by atoms with van der Waals surface area (Å²) < 4.78 is 11.2.